The van der Waals surface area contributed by atoms with E-state index in [4.69, 9.17) is 4.74 Å². The number of nitrogens with zero attached hydrogens (tertiary/aromatic N) is 4. The number of aromatic nitrogens is 4. The van der Waals surface area contributed by atoms with E-state index in [1.54, 1.807) is 23.4 Å². The minimum absolute atomic E-state index is 0.0191. The SMILES string of the molecule is COc1cccc(-n2c(=O)c3c(n4c(SC(C)C)nnc24)-c2ccccc2CC32CCCCC2)c1. The van der Waals surface area contributed by atoms with Gasteiger partial charge in [0.25, 0.3) is 5.56 Å². The lowest BCUT2D eigenvalue weighted by Gasteiger charge is -2.42. The largest absolute Gasteiger partial charge is 0.497 e. The molecule has 2 aromatic heterocycles. The molecule has 6 nitrogen and oxygen atoms in total. The number of hydrogen-bond donors (Lipinski definition) is 0. The van der Waals surface area contributed by atoms with Crippen LogP contribution in [0.25, 0.3) is 22.7 Å². The molecule has 0 atom stereocenters. The molecule has 2 heterocycles. The van der Waals surface area contributed by atoms with Crippen LogP contribution in [0.2, 0.25) is 0 Å². The quantitative estimate of drug-likeness (QED) is 0.341. The Bertz CT molecular complexity index is 1480. The number of methoxy groups -OCH3 is 1. The summed E-state index contributed by atoms with van der Waals surface area (Å²) in [5.74, 6) is 1.26. The van der Waals surface area contributed by atoms with Gasteiger partial charge in [0.15, 0.2) is 5.16 Å². The van der Waals surface area contributed by atoms with Crippen molar-refractivity contribution in [3.8, 4) is 22.7 Å². The van der Waals surface area contributed by atoms with Crippen molar-refractivity contribution in [2.24, 2.45) is 0 Å². The van der Waals surface area contributed by atoms with Gasteiger partial charge in [0, 0.05) is 27.9 Å². The maximum atomic E-state index is 14.6. The van der Waals surface area contributed by atoms with Crippen LogP contribution in [-0.4, -0.2) is 31.5 Å². The van der Waals surface area contributed by atoms with Gasteiger partial charge in [-0.1, -0.05) is 75.2 Å². The van der Waals surface area contributed by atoms with Crippen molar-refractivity contribution in [2.75, 3.05) is 7.11 Å². The molecule has 4 aromatic rings. The lowest BCUT2D eigenvalue weighted by Crippen LogP contribution is -2.43. The minimum Gasteiger partial charge on any atom is -0.497 e. The van der Waals surface area contributed by atoms with Crippen molar-refractivity contribution in [3.05, 3.63) is 70.0 Å². The van der Waals surface area contributed by atoms with Crippen LogP contribution in [-0.2, 0) is 11.8 Å². The summed E-state index contributed by atoms with van der Waals surface area (Å²) in [7, 11) is 1.65. The summed E-state index contributed by atoms with van der Waals surface area (Å²) in [6.45, 7) is 4.32. The zero-order chi connectivity index (χ0) is 24.2. The van der Waals surface area contributed by atoms with Crippen molar-refractivity contribution in [1.29, 1.82) is 0 Å². The predicted molar refractivity (Wildman–Crippen MR) is 140 cm³/mol. The molecule has 0 radical (unpaired) electrons. The minimum atomic E-state index is -0.169. The molecular weight excluding hydrogens is 456 g/mol. The molecule has 180 valence electrons. The maximum absolute atomic E-state index is 14.6. The second kappa shape index (κ2) is 8.55. The standard InChI is InChI=1S/C28H30N4O2S/c1-18(2)35-27-30-29-26-31(20-11-9-12-21(16-20)34-3)25(33)23-24(32(26)27)22-13-6-5-10-19(22)17-28(23)14-7-4-8-15-28/h5-6,9-13,16,18H,4,7-8,14-15,17H2,1-3H3. The first-order valence-corrected chi connectivity index (χ1v) is 13.3. The van der Waals surface area contributed by atoms with Gasteiger partial charge >= 0.3 is 0 Å². The summed E-state index contributed by atoms with van der Waals surface area (Å²) in [5, 5.41) is 10.4. The Morgan fingerprint density at radius 2 is 1.83 bits per heavy atom. The Balaban J connectivity index is 1.78. The van der Waals surface area contributed by atoms with E-state index in [0.717, 1.165) is 59.8 Å². The van der Waals surface area contributed by atoms with E-state index in [-0.39, 0.29) is 11.0 Å². The highest BCUT2D eigenvalue weighted by molar-refractivity contribution is 7.99. The van der Waals surface area contributed by atoms with Gasteiger partial charge in [-0.05, 0) is 37.0 Å². The highest BCUT2D eigenvalue weighted by Gasteiger charge is 2.44. The predicted octanol–water partition coefficient (Wildman–Crippen LogP) is 5.81. The van der Waals surface area contributed by atoms with E-state index in [9.17, 15) is 4.79 Å². The smallest absolute Gasteiger partial charge is 0.263 e. The van der Waals surface area contributed by atoms with E-state index in [1.165, 1.54) is 12.0 Å². The molecule has 0 unspecified atom stereocenters. The zero-order valence-corrected chi connectivity index (χ0v) is 21.3. The van der Waals surface area contributed by atoms with Gasteiger partial charge in [-0.3, -0.25) is 9.20 Å². The van der Waals surface area contributed by atoms with Crippen LogP contribution in [0.5, 0.6) is 5.75 Å². The van der Waals surface area contributed by atoms with Gasteiger partial charge in [0.2, 0.25) is 5.78 Å². The molecule has 2 aromatic carbocycles. The van der Waals surface area contributed by atoms with Crippen LogP contribution >= 0.6 is 11.8 Å². The van der Waals surface area contributed by atoms with Crippen LogP contribution in [0.3, 0.4) is 0 Å². The summed E-state index contributed by atoms with van der Waals surface area (Å²) < 4.78 is 9.39. The molecule has 0 saturated heterocycles. The Morgan fingerprint density at radius 3 is 2.60 bits per heavy atom. The molecule has 7 heteroatoms. The van der Waals surface area contributed by atoms with Crippen molar-refractivity contribution in [3.63, 3.8) is 0 Å². The molecule has 1 spiro atoms. The Morgan fingerprint density at radius 1 is 1.03 bits per heavy atom. The van der Waals surface area contributed by atoms with Crippen LogP contribution in [0.4, 0.5) is 0 Å². The van der Waals surface area contributed by atoms with Crippen LogP contribution < -0.4 is 10.3 Å². The molecule has 1 saturated carbocycles. The molecule has 2 aliphatic rings. The van der Waals surface area contributed by atoms with E-state index in [1.807, 2.05) is 24.3 Å². The fraction of sp³-hybridized carbons (Fsp3) is 0.393. The third kappa shape index (κ3) is 3.51. The number of ether oxygens (including phenoxy) is 1. The highest BCUT2D eigenvalue weighted by Crippen LogP contribution is 2.49. The van der Waals surface area contributed by atoms with E-state index >= 15 is 0 Å². The summed E-state index contributed by atoms with van der Waals surface area (Å²) in [5.41, 5.74) is 4.96. The lowest BCUT2D eigenvalue weighted by atomic mass is 9.62. The first-order valence-electron chi connectivity index (χ1n) is 12.5. The third-order valence-corrected chi connectivity index (χ3v) is 8.44. The molecule has 2 aliphatic carbocycles. The lowest BCUT2D eigenvalue weighted by molar-refractivity contribution is 0.284. The molecule has 1 fully saturated rings. The van der Waals surface area contributed by atoms with Gasteiger partial charge in [-0.2, -0.15) is 0 Å². The second-order valence-corrected chi connectivity index (χ2v) is 11.6. The zero-order valence-electron chi connectivity index (χ0n) is 20.5. The first-order chi connectivity index (χ1) is 17.0. The normalized spacial score (nSPS) is 16.5. The van der Waals surface area contributed by atoms with Crippen molar-refractivity contribution in [2.45, 2.75) is 68.2 Å². The average molecular weight is 487 g/mol. The molecule has 35 heavy (non-hydrogen) atoms. The molecular formula is C28H30N4O2S. The topological polar surface area (TPSA) is 61.4 Å². The van der Waals surface area contributed by atoms with Crippen LogP contribution in [0, 0.1) is 0 Å². The summed E-state index contributed by atoms with van der Waals surface area (Å²) in [6.07, 6.45) is 6.49. The van der Waals surface area contributed by atoms with Crippen LogP contribution in [0.15, 0.2) is 58.5 Å². The van der Waals surface area contributed by atoms with Gasteiger partial charge in [-0.15, -0.1) is 10.2 Å². The third-order valence-electron chi connectivity index (χ3n) is 7.49. The number of rotatable bonds is 4. The van der Waals surface area contributed by atoms with Crippen molar-refractivity contribution >= 4 is 17.5 Å². The van der Waals surface area contributed by atoms with Gasteiger partial charge in [0.1, 0.15) is 5.75 Å². The van der Waals surface area contributed by atoms with Gasteiger partial charge in [0.05, 0.1) is 18.5 Å². The Hall–Kier alpha value is -3.06. The summed E-state index contributed by atoms with van der Waals surface area (Å²) >= 11 is 1.68. The van der Waals surface area contributed by atoms with Gasteiger partial charge < -0.3 is 4.74 Å². The van der Waals surface area contributed by atoms with E-state index < -0.39 is 0 Å². The first kappa shape index (κ1) is 22.4. The molecule has 0 N–H and O–H groups in total. The van der Waals surface area contributed by atoms with Crippen LogP contribution in [0.1, 0.15) is 57.1 Å². The number of thioether (sulfide) groups is 1. The highest BCUT2D eigenvalue weighted by atomic mass is 32.2. The molecule has 6 rings (SSSR count). The van der Waals surface area contributed by atoms with Crippen molar-refractivity contribution in [1.82, 2.24) is 19.2 Å². The number of fused-ring (bicyclic) bond motifs is 6. The summed E-state index contributed by atoms with van der Waals surface area (Å²) in [4.78, 5) is 14.6. The molecule has 0 amide bonds. The van der Waals surface area contributed by atoms with E-state index in [2.05, 4.69) is 52.7 Å². The average Bonchev–Trinajstić information content (AvgIpc) is 3.26. The van der Waals surface area contributed by atoms with E-state index in [0.29, 0.717) is 16.8 Å². The van der Waals surface area contributed by atoms with Gasteiger partial charge in [-0.25, -0.2) is 4.57 Å². The Labute approximate surface area is 209 Å². The second-order valence-electron chi connectivity index (χ2n) is 10.0. The number of hydrogen-bond acceptors (Lipinski definition) is 5. The molecule has 0 aliphatic heterocycles. The number of benzene rings is 2. The molecule has 0 bridgehead atoms. The summed E-state index contributed by atoms with van der Waals surface area (Å²) in [6, 6.07) is 16.2. The Kier molecular flexibility index (Phi) is 5.48. The fourth-order valence-electron chi connectivity index (χ4n) is 6.03. The monoisotopic (exact) mass is 486 g/mol. The fourth-order valence-corrected chi connectivity index (χ4v) is 6.82. The van der Waals surface area contributed by atoms with Crippen molar-refractivity contribution < 1.29 is 4.74 Å². The maximum Gasteiger partial charge on any atom is 0.263 e.